The summed E-state index contributed by atoms with van der Waals surface area (Å²) in [4.78, 5) is 16.2. The van der Waals surface area contributed by atoms with Crippen LogP contribution in [-0.4, -0.2) is 14.5 Å². The zero-order valence-electron chi connectivity index (χ0n) is 19.6. The largest absolute Gasteiger partial charge is 0.542 e. The van der Waals surface area contributed by atoms with E-state index in [1.165, 1.54) is 12.0 Å². The van der Waals surface area contributed by atoms with Gasteiger partial charge in [0.1, 0.15) is 5.75 Å². The van der Waals surface area contributed by atoms with Crippen LogP contribution in [0.1, 0.15) is 67.4 Å². The minimum Gasteiger partial charge on any atom is -0.542 e. The molecule has 1 rings (SSSR count). The highest BCUT2D eigenvalue weighted by atomic mass is 28.4. The molecule has 0 saturated carbocycles. The summed E-state index contributed by atoms with van der Waals surface area (Å²) < 4.78 is 6.38. The fourth-order valence-electron chi connectivity index (χ4n) is 2.69. The molecule has 160 valence electrons. The van der Waals surface area contributed by atoms with E-state index in [9.17, 15) is 0 Å². The van der Waals surface area contributed by atoms with Gasteiger partial charge >= 0.3 is 6.15 Å². The number of carbonyl (C=O) groups excluding carboxylic acids is 2. The van der Waals surface area contributed by atoms with E-state index in [1.54, 1.807) is 0 Å². The molecule has 1 unspecified atom stereocenters. The summed E-state index contributed by atoms with van der Waals surface area (Å²) in [6.07, 6.45) is 2.57. The normalized spacial score (nSPS) is 14.4. The summed E-state index contributed by atoms with van der Waals surface area (Å²) in [5.74, 6) is 2.22. The van der Waals surface area contributed by atoms with Gasteiger partial charge in [-0.05, 0) is 65.9 Å². The van der Waals surface area contributed by atoms with Crippen molar-refractivity contribution in [1.82, 2.24) is 0 Å². The van der Waals surface area contributed by atoms with E-state index in [0.29, 0.717) is 17.3 Å². The second-order valence-electron chi connectivity index (χ2n) is 10.6. The van der Waals surface area contributed by atoms with Crippen LogP contribution in [0.5, 0.6) is 5.75 Å². The third-order valence-electron chi connectivity index (χ3n) is 6.06. The molecule has 0 heterocycles. The minimum absolute atomic E-state index is 0.176. The molecule has 1 aromatic rings. The molecule has 0 radical (unpaired) electrons. The van der Waals surface area contributed by atoms with Crippen molar-refractivity contribution in [2.45, 2.75) is 86.4 Å². The highest BCUT2D eigenvalue weighted by Gasteiger charge is 2.39. The molecule has 0 saturated heterocycles. The number of hydrogen-bond donors (Lipinski definition) is 1. The third-order valence-corrected chi connectivity index (χ3v) is 10.4. The zero-order chi connectivity index (χ0) is 22.3. The first-order chi connectivity index (χ1) is 12.5. The quantitative estimate of drug-likeness (QED) is 0.442. The number of hydrogen-bond acceptors (Lipinski definition) is 4. The van der Waals surface area contributed by atoms with Crippen molar-refractivity contribution in [3.63, 3.8) is 0 Å². The Labute approximate surface area is 173 Å². The first-order valence-electron chi connectivity index (χ1n) is 10.1. The lowest BCUT2D eigenvalue weighted by Crippen LogP contribution is -2.44. The van der Waals surface area contributed by atoms with Crippen molar-refractivity contribution in [2.24, 2.45) is 17.3 Å². The Bertz CT molecular complexity index is 651. The van der Waals surface area contributed by atoms with Gasteiger partial charge in [-0.3, -0.25) is 0 Å². The molecule has 0 fully saturated rings. The number of rotatable bonds is 6. The van der Waals surface area contributed by atoms with Crippen LogP contribution in [-0.2, 0) is 16.0 Å². The van der Waals surface area contributed by atoms with Crippen LogP contribution in [0.3, 0.4) is 0 Å². The fourth-order valence-corrected chi connectivity index (χ4v) is 3.73. The molecule has 0 aliphatic carbocycles. The van der Waals surface area contributed by atoms with Gasteiger partial charge in [-0.1, -0.05) is 61.5 Å². The van der Waals surface area contributed by atoms with Crippen LogP contribution in [0.4, 0.5) is 5.69 Å². The Balaban J connectivity index is 0.00000227. The number of nitrogen functional groups attached to an aromatic ring is 1. The van der Waals surface area contributed by atoms with Gasteiger partial charge < -0.3 is 10.2 Å². The summed E-state index contributed by atoms with van der Waals surface area (Å²) >= 11 is 0. The maximum atomic E-state index is 8.12. The minimum atomic E-state index is -1.85. The molecule has 2 N–H and O–H groups in total. The van der Waals surface area contributed by atoms with Gasteiger partial charge in [-0.15, -0.1) is 0 Å². The van der Waals surface area contributed by atoms with Gasteiger partial charge in [0, 0.05) is 0 Å². The molecule has 0 aromatic heterocycles. The standard InChI is InChI=1S/C22H41NOSi.CO2/c1-16(13-17(2)21(3,4)5)14-18-11-12-20(19(23)15-18)24-25(9,10)22(6,7)8;2-1-3/h11-12,15-17H,13-14,23H2,1-10H3;/t16-,17?;/m1./s1. The molecule has 28 heavy (non-hydrogen) atoms. The van der Waals surface area contributed by atoms with E-state index in [1.807, 2.05) is 0 Å². The zero-order valence-corrected chi connectivity index (χ0v) is 20.6. The van der Waals surface area contributed by atoms with Crippen LogP contribution in [0, 0.1) is 17.3 Å². The van der Waals surface area contributed by atoms with E-state index in [2.05, 4.69) is 86.7 Å². The number of anilines is 1. The highest BCUT2D eigenvalue weighted by Crippen LogP contribution is 2.39. The van der Waals surface area contributed by atoms with Crippen LogP contribution < -0.4 is 10.2 Å². The van der Waals surface area contributed by atoms with Crippen molar-refractivity contribution in [2.75, 3.05) is 5.73 Å². The lowest BCUT2D eigenvalue weighted by molar-refractivity contribution is -0.191. The second kappa shape index (κ2) is 10.3. The molecule has 0 aliphatic rings. The lowest BCUT2D eigenvalue weighted by Gasteiger charge is -2.36. The molecule has 0 aliphatic heterocycles. The van der Waals surface area contributed by atoms with Crippen molar-refractivity contribution < 1.29 is 14.0 Å². The first kappa shape index (κ1) is 26.4. The van der Waals surface area contributed by atoms with E-state index in [4.69, 9.17) is 19.7 Å². The van der Waals surface area contributed by atoms with Crippen molar-refractivity contribution >= 4 is 20.2 Å². The molecule has 4 nitrogen and oxygen atoms in total. The molecule has 1 aromatic carbocycles. The predicted octanol–water partition coefficient (Wildman–Crippen LogP) is 6.32. The molecule has 0 amide bonds. The van der Waals surface area contributed by atoms with Gasteiger partial charge in [0.2, 0.25) is 0 Å². The highest BCUT2D eigenvalue weighted by molar-refractivity contribution is 6.74. The van der Waals surface area contributed by atoms with Crippen molar-refractivity contribution in [3.8, 4) is 5.75 Å². The fraction of sp³-hybridized carbons (Fsp3) is 0.696. The van der Waals surface area contributed by atoms with Gasteiger partial charge in [0.15, 0.2) is 0 Å². The summed E-state index contributed by atoms with van der Waals surface area (Å²) in [5, 5.41) is 0.176. The Hall–Kier alpha value is -1.58. The smallest absolute Gasteiger partial charge is 0.373 e. The molecule has 2 atom stereocenters. The Morgan fingerprint density at radius 3 is 1.96 bits per heavy atom. The van der Waals surface area contributed by atoms with E-state index in [-0.39, 0.29) is 11.2 Å². The van der Waals surface area contributed by atoms with Crippen LogP contribution in [0.2, 0.25) is 18.1 Å². The van der Waals surface area contributed by atoms with Gasteiger partial charge in [0.05, 0.1) is 5.69 Å². The Morgan fingerprint density at radius 1 is 1.07 bits per heavy atom. The average molecular weight is 408 g/mol. The third kappa shape index (κ3) is 8.62. The lowest BCUT2D eigenvalue weighted by atomic mass is 9.76. The molecular weight excluding hydrogens is 366 g/mol. The SMILES string of the molecule is CC(C[C@@H](C)Cc1ccc(O[Si](C)(C)C(C)(C)C)c(N)c1)C(C)(C)C.O=C=O. The van der Waals surface area contributed by atoms with E-state index >= 15 is 0 Å². The van der Waals surface area contributed by atoms with Gasteiger partial charge in [-0.25, -0.2) is 0 Å². The number of nitrogens with two attached hydrogens (primary N) is 1. The monoisotopic (exact) mass is 407 g/mol. The van der Waals surface area contributed by atoms with Crippen LogP contribution in [0.25, 0.3) is 0 Å². The Kier molecular flexibility index (Phi) is 9.69. The average Bonchev–Trinajstić information content (AvgIpc) is 2.48. The van der Waals surface area contributed by atoms with Crippen molar-refractivity contribution in [3.05, 3.63) is 23.8 Å². The summed E-state index contributed by atoms with van der Waals surface area (Å²) in [7, 11) is -1.85. The Morgan fingerprint density at radius 2 is 1.57 bits per heavy atom. The van der Waals surface area contributed by atoms with Crippen LogP contribution in [0.15, 0.2) is 18.2 Å². The van der Waals surface area contributed by atoms with E-state index < -0.39 is 8.32 Å². The summed E-state index contributed by atoms with van der Waals surface area (Å²) in [5.41, 5.74) is 8.77. The predicted molar refractivity (Wildman–Crippen MR) is 120 cm³/mol. The summed E-state index contributed by atoms with van der Waals surface area (Å²) in [6, 6.07) is 6.38. The van der Waals surface area contributed by atoms with E-state index in [0.717, 1.165) is 17.9 Å². The maximum Gasteiger partial charge on any atom is 0.373 e. The van der Waals surface area contributed by atoms with Crippen LogP contribution >= 0.6 is 0 Å². The molecule has 0 bridgehead atoms. The number of benzene rings is 1. The molecular formula is C23H41NO3Si. The van der Waals surface area contributed by atoms with Gasteiger partial charge in [0.25, 0.3) is 8.32 Å². The molecule has 0 spiro atoms. The second-order valence-corrected chi connectivity index (χ2v) is 15.4. The topological polar surface area (TPSA) is 69.4 Å². The summed E-state index contributed by atoms with van der Waals surface area (Å²) in [6.45, 7) is 23.0. The maximum absolute atomic E-state index is 8.12. The molecule has 5 heteroatoms. The van der Waals surface area contributed by atoms with Gasteiger partial charge in [-0.2, -0.15) is 9.59 Å². The first-order valence-corrected chi connectivity index (χ1v) is 13.0. The van der Waals surface area contributed by atoms with Crippen molar-refractivity contribution in [1.29, 1.82) is 0 Å².